The summed E-state index contributed by atoms with van der Waals surface area (Å²) in [5.41, 5.74) is 2.44. The Bertz CT molecular complexity index is 910. The van der Waals surface area contributed by atoms with Crippen LogP contribution >= 0.6 is 0 Å². The summed E-state index contributed by atoms with van der Waals surface area (Å²) < 4.78 is 4.92. The van der Waals surface area contributed by atoms with Crippen molar-refractivity contribution in [2.45, 2.75) is 37.7 Å². The van der Waals surface area contributed by atoms with Crippen molar-refractivity contribution in [1.29, 1.82) is 0 Å². The first-order chi connectivity index (χ1) is 12.7. The number of ether oxygens (including phenoxy) is 1. The van der Waals surface area contributed by atoms with E-state index >= 15 is 0 Å². The van der Waals surface area contributed by atoms with Crippen LogP contribution in [0.15, 0.2) is 54.1 Å². The number of nitrogens with zero attached hydrogens (tertiary/aromatic N) is 1. The molecular weight excluding hydrogens is 330 g/mol. The van der Waals surface area contributed by atoms with Crippen LogP contribution < -0.4 is 0 Å². The third-order valence-electron chi connectivity index (χ3n) is 5.22. The van der Waals surface area contributed by atoms with Gasteiger partial charge >= 0.3 is 5.97 Å². The molecule has 2 atom stereocenters. The number of fused-ring (bicyclic) bond motifs is 1. The maximum Gasteiger partial charge on any atom is 0.326 e. The summed E-state index contributed by atoms with van der Waals surface area (Å²) in [5, 5.41) is 14.7. The topological polar surface area (TPSA) is 61.6 Å². The van der Waals surface area contributed by atoms with Crippen LogP contribution in [0.4, 0.5) is 0 Å². The zero-order valence-corrected chi connectivity index (χ0v) is 14.7. The van der Waals surface area contributed by atoms with Crippen molar-refractivity contribution in [2.24, 2.45) is 0 Å². The highest BCUT2D eigenvalue weighted by Gasteiger charge is 2.47. The summed E-state index contributed by atoms with van der Waals surface area (Å²) in [6, 6.07) is 13.9. The molecule has 2 aliphatic rings. The summed E-state index contributed by atoms with van der Waals surface area (Å²) >= 11 is 0. The van der Waals surface area contributed by atoms with Crippen LogP contribution in [-0.4, -0.2) is 29.8 Å². The van der Waals surface area contributed by atoms with E-state index in [1.807, 2.05) is 42.5 Å². The average Bonchev–Trinajstić information content (AvgIpc) is 3.04. The van der Waals surface area contributed by atoms with E-state index in [2.05, 4.69) is 6.08 Å². The fraction of sp³-hybridized carbons (Fsp3) is 0.333. The summed E-state index contributed by atoms with van der Waals surface area (Å²) in [4.78, 5) is 18.3. The second-order valence-electron chi connectivity index (χ2n) is 6.71. The van der Waals surface area contributed by atoms with Gasteiger partial charge in [-0.25, -0.2) is 0 Å². The molecule has 0 unspecified atom stereocenters. The van der Waals surface area contributed by atoms with Gasteiger partial charge in [0.1, 0.15) is 5.92 Å². The summed E-state index contributed by atoms with van der Waals surface area (Å²) in [6.45, 7) is 0. The van der Waals surface area contributed by atoms with Gasteiger partial charge in [0.2, 0.25) is 0 Å². The number of carbonyl (C=O) groups excluding carboxylic acids is 1. The van der Waals surface area contributed by atoms with Crippen LogP contribution in [0.1, 0.15) is 37.2 Å². The Morgan fingerprint density at radius 1 is 1.19 bits per heavy atom. The molecule has 1 aliphatic carbocycles. The Hall–Kier alpha value is -2.82. The van der Waals surface area contributed by atoms with Crippen molar-refractivity contribution < 1.29 is 19.3 Å². The minimum absolute atomic E-state index is 0.476. The molecule has 0 aromatic heterocycles. The highest BCUT2D eigenvalue weighted by atomic mass is 16.9. The van der Waals surface area contributed by atoms with Gasteiger partial charge < -0.3 is 9.57 Å². The van der Waals surface area contributed by atoms with E-state index in [1.165, 1.54) is 7.11 Å². The molecule has 1 heterocycles. The van der Waals surface area contributed by atoms with Gasteiger partial charge in [-0.15, -0.1) is 0 Å². The van der Waals surface area contributed by atoms with Gasteiger partial charge in [0.05, 0.1) is 7.11 Å². The molecule has 5 heteroatoms. The zero-order chi connectivity index (χ0) is 18.1. The number of allylic oxidation sites excluding steroid dienone is 2. The highest BCUT2D eigenvalue weighted by Crippen LogP contribution is 2.38. The van der Waals surface area contributed by atoms with E-state index in [-0.39, 0.29) is 0 Å². The van der Waals surface area contributed by atoms with Crippen molar-refractivity contribution in [1.82, 2.24) is 0 Å². The quantitative estimate of drug-likeness (QED) is 0.622. The maximum absolute atomic E-state index is 12.6. The fourth-order valence-electron chi connectivity index (χ4n) is 3.99. The first-order valence-corrected chi connectivity index (χ1v) is 8.96. The Kier molecular flexibility index (Phi) is 4.37. The number of hydrogen-bond acceptors (Lipinski definition) is 4. The largest absolute Gasteiger partial charge is 0.468 e. The zero-order valence-electron chi connectivity index (χ0n) is 14.7. The third-order valence-corrected chi connectivity index (χ3v) is 5.22. The third kappa shape index (κ3) is 2.73. The summed E-state index contributed by atoms with van der Waals surface area (Å²) in [5.74, 6) is -1.01. The van der Waals surface area contributed by atoms with E-state index < -0.39 is 18.0 Å². The molecule has 134 valence electrons. The second kappa shape index (κ2) is 6.83. The van der Waals surface area contributed by atoms with Crippen LogP contribution in [0.3, 0.4) is 0 Å². The molecule has 1 aliphatic heterocycles. The Balaban J connectivity index is 1.89. The van der Waals surface area contributed by atoms with E-state index in [1.54, 1.807) is 0 Å². The van der Waals surface area contributed by atoms with E-state index in [0.717, 1.165) is 47.6 Å². The van der Waals surface area contributed by atoms with Gasteiger partial charge in [-0.2, -0.15) is 0 Å². The molecule has 0 saturated carbocycles. The predicted octanol–water partition coefficient (Wildman–Crippen LogP) is 3.86. The summed E-state index contributed by atoms with van der Waals surface area (Å²) in [6.07, 6.45) is 5.06. The van der Waals surface area contributed by atoms with Gasteiger partial charge in [-0.3, -0.25) is 10.0 Å². The van der Waals surface area contributed by atoms with Crippen molar-refractivity contribution in [3.63, 3.8) is 0 Å². The Morgan fingerprint density at radius 3 is 2.77 bits per heavy atom. The standard InChI is InChI=1S/C21H21NO4/c1-25-21(23)20-18(17-13-7-11-14-8-5-6-12-16(14)17)19(22(24)26-20)15-9-3-2-4-10-15/h5-9,11-13,18,20H,2-4,10H2,1H3/t18-,20-/m1/s1. The number of hydrogen-bond donors (Lipinski definition) is 0. The number of carbonyl (C=O) groups is 1. The first-order valence-electron chi connectivity index (χ1n) is 8.96. The van der Waals surface area contributed by atoms with Crippen molar-refractivity contribution in [3.05, 3.63) is 64.9 Å². The van der Waals surface area contributed by atoms with Gasteiger partial charge in [-0.05, 0) is 42.0 Å². The molecule has 0 bridgehead atoms. The van der Waals surface area contributed by atoms with Gasteiger partial charge in [0.15, 0.2) is 6.10 Å². The molecule has 0 fully saturated rings. The lowest BCUT2D eigenvalue weighted by Gasteiger charge is -2.20. The van der Waals surface area contributed by atoms with E-state index in [9.17, 15) is 10.0 Å². The van der Waals surface area contributed by atoms with Crippen LogP contribution in [0.2, 0.25) is 0 Å². The average molecular weight is 351 g/mol. The monoisotopic (exact) mass is 351 g/mol. The number of esters is 1. The highest BCUT2D eigenvalue weighted by molar-refractivity contribution is 6.07. The van der Waals surface area contributed by atoms with Gasteiger partial charge in [-0.1, -0.05) is 48.5 Å². The number of methoxy groups -OCH3 is 1. The second-order valence-corrected chi connectivity index (χ2v) is 6.71. The molecule has 0 saturated heterocycles. The van der Waals surface area contributed by atoms with Gasteiger partial charge in [0.25, 0.3) is 5.71 Å². The lowest BCUT2D eigenvalue weighted by Crippen LogP contribution is -2.31. The van der Waals surface area contributed by atoms with Gasteiger partial charge in [0, 0.05) is 10.5 Å². The van der Waals surface area contributed by atoms with Crippen LogP contribution in [-0.2, 0) is 14.4 Å². The molecule has 4 rings (SSSR count). The molecular formula is C21H21NO4. The van der Waals surface area contributed by atoms with Crippen LogP contribution in [0.25, 0.3) is 10.8 Å². The lowest BCUT2D eigenvalue weighted by atomic mass is 9.81. The lowest BCUT2D eigenvalue weighted by molar-refractivity contribution is -0.737. The molecule has 0 radical (unpaired) electrons. The normalized spacial score (nSPS) is 22.9. The number of benzene rings is 2. The molecule has 0 amide bonds. The maximum atomic E-state index is 12.6. The molecule has 0 N–H and O–H groups in total. The molecule has 5 nitrogen and oxygen atoms in total. The van der Waals surface area contributed by atoms with Crippen molar-refractivity contribution in [3.8, 4) is 0 Å². The van der Waals surface area contributed by atoms with E-state index in [4.69, 9.17) is 9.57 Å². The molecule has 0 spiro atoms. The SMILES string of the molecule is COC(=O)[C@@H]1O[N+]([O-])=C(C2=CCCCC2)[C@H]1c1cccc2ccccc12. The summed E-state index contributed by atoms with van der Waals surface area (Å²) in [7, 11) is 1.32. The smallest absolute Gasteiger partial charge is 0.326 e. The van der Waals surface area contributed by atoms with Crippen molar-refractivity contribution >= 4 is 22.5 Å². The number of rotatable bonds is 3. The Labute approximate surface area is 152 Å². The van der Waals surface area contributed by atoms with Crippen molar-refractivity contribution in [2.75, 3.05) is 7.11 Å². The minimum atomic E-state index is -0.971. The molecule has 2 aromatic rings. The van der Waals surface area contributed by atoms with Crippen LogP contribution in [0, 0.1) is 5.21 Å². The molecule has 26 heavy (non-hydrogen) atoms. The Morgan fingerprint density at radius 2 is 2.00 bits per heavy atom. The molecule has 2 aromatic carbocycles. The van der Waals surface area contributed by atoms with E-state index in [0.29, 0.717) is 10.6 Å². The predicted molar refractivity (Wildman–Crippen MR) is 98.8 cm³/mol. The fourth-order valence-corrected chi connectivity index (χ4v) is 3.99. The first kappa shape index (κ1) is 16.6. The van der Waals surface area contributed by atoms with Crippen LogP contribution in [0.5, 0.6) is 0 Å². The minimum Gasteiger partial charge on any atom is -0.468 e.